The molecule has 0 fully saturated rings. The van der Waals surface area contributed by atoms with Crippen LogP contribution in [-0.2, 0) is 4.74 Å². The molecule has 35 heavy (non-hydrogen) atoms. The van der Waals surface area contributed by atoms with Crippen molar-refractivity contribution in [3.63, 3.8) is 0 Å². The third kappa shape index (κ3) is 3.66. The van der Waals surface area contributed by atoms with Gasteiger partial charge in [-0.05, 0) is 49.7 Å². The maximum Gasteiger partial charge on any atom is 0.350 e. The normalized spacial score (nSPS) is 14.9. The summed E-state index contributed by atoms with van der Waals surface area (Å²) < 4.78 is 30.3. The fourth-order valence-electron chi connectivity index (χ4n) is 4.17. The second kappa shape index (κ2) is 8.62. The third-order valence-corrected chi connectivity index (χ3v) is 6.82. The number of halogens is 1. The molecular formula is C25H19FN2O6S. The quantitative estimate of drug-likeness (QED) is 0.373. The second-order valence-electron chi connectivity index (χ2n) is 7.80. The SMILES string of the molecule is CCOc1cccc([C@@H]2c3c(oc4ccc(F)cc4c3=O)C(=O)N2c2nc(C)c(C(=O)OC)s2)c1. The van der Waals surface area contributed by atoms with E-state index in [0.717, 1.165) is 23.5 Å². The van der Waals surface area contributed by atoms with Crippen LogP contribution in [0.15, 0.2) is 51.7 Å². The molecule has 3 heterocycles. The van der Waals surface area contributed by atoms with Crippen molar-refractivity contribution in [3.8, 4) is 5.75 Å². The van der Waals surface area contributed by atoms with Crippen molar-refractivity contribution >= 4 is 39.3 Å². The van der Waals surface area contributed by atoms with Crippen molar-refractivity contribution in [2.24, 2.45) is 0 Å². The molecule has 8 nitrogen and oxygen atoms in total. The van der Waals surface area contributed by atoms with Gasteiger partial charge in [-0.25, -0.2) is 14.2 Å². The summed E-state index contributed by atoms with van der Waals surface area (Å²) in [6, 6.07) is 9.61. The number of ether oxygens (including phenoxy) is 2. The lowest BCUT2D eigenvalue weighted by atomic mass is 9.98. The lowest BCUT2D eigenvalue weighted by molar-refractivity contribution is 0.0605. The summed E-state index contributed by atoms with van der Waals surface area (Å²) in [6.45, 7) is 3.90. The smallest absolute Gasteiger partial charge is 0.350 e. The van der Waals surface area contributed by atoms with E-state index in [1.54, 1.807) is 31.2 Å². The summed E-state index contributed by atoms with van der Waals surface area (Å²) >= 11 is 0.974. The molecule has 0 unspecified atom stereocenters. The number of aryl methyl sites for hydroxylation is 1. The van der Waals surface area contributed by atoms with Gasteiger partial charge in [0, 0.05) is 0 Å². The first-order chi connectivity index (χ1) is 16.8. The second-order valence-corrected chi connectivity index (χ2v) is 8.78. The van der Waals surface area contributed by atoms with E-state index in [2.05, 4.69) is 4.98 Å². The minimum absolute atomic E-state index is 0.0231. The number of methoxy groups -OCH3 is 1. The minimum atomic E-state index is -0.933. The van der Waals surface area contributed by atoms with Crippen molar-refractivity contribution in [2.45, 2.75) is 19.9 Å². The number of amides is 1. The Morgan fingerprint density at radius 2 is 2.03 bits per heavy atom. The standard InChI is InChI=1S/C25H19FN2O6S/c1-4-33-15-7-5-6-13(10-15)19-18-20(29)16-11-14(26)8-9-17(16)34-21(18)23(30)28(19)25-27-12(2)22(35-25)24(31)32-3/h5-11,19H,4H2,1-3H3/t19-/m1/s1. The molecule has 0 spiro atoms. The van der Waals surface area contributed by atoms with Gasteiger partial charge < -0.3 is 13.9 Å². The predicted molar refractivity (Wildman–Crippen MR) is 127 cm³/mol. The zero-order valence-electron chi connectivity index (χ0n) is 19.0. The molecule has 0 N–H and O–H groups in total. The van der Waals surface area contributed by atoms with Gasteiger partial charge in [-0.2, -0.15) is 0 Å². The number of fused-ring (bicyclic) bond motifs is 2. The maximum absolute atomic E-state index is 14.0. The molecule has 10 heteroatoms. The Kier molecular flexibility index (Phi) is 5.60. The molecule has 0 saturated heterocycles. The first-order valence-corrected chi connectivity index (χ1v) is 11.5. The summed E-state index contributed by atoms with van der Waals surface area (Å²) in [5.74, 6) is -1.39. The van der Waals surface area contributed by atoms with Crippen LogP contribution in [0.25, 0.3) is 11.0 Å². The number of hydrogen-bond donors (Lipinski definition) is 0. The van der Waals surface area contributed by atoms with Gasteiger partial charge >= 0.3 is 5.97 Å². The van der Waals surface area contributed by atoms with Crippen LogP contribution in [0.2, 0.25) is 0 Å². The molecule has 0 aliphatic carbocycles. The van der Waals surface area contributed by atoms with E-state index in [1.807, 2.05) is 6.92 Å². The first-order valence-electron chi connectivity index (χ1n) is 10.7. The lowest BCUT2D eigenvalue weighted by Crippen LogP contribution is -2.29. The number of thiazole rings is 1. The largest absolute Gasteiger partial charge is 0.494 e. The minimum Gasteiger partial charge on any atom is -0.494 e. The highest BCUT2D eigenvalue weighted by atomic mass is 32.1. The number of anilines is 1. The lowest BCUT2D eigenvalue weighted by Gasteiger charge is -2.23. The van der Waals surface area contributed by atoms with Gasteiger partial charge in [-0.3, -0.25) is 14.5 Å². The molecule has 2 aromatic carbocycles. The molecule has 1 aliphatic rings. The molecule has 0 saturated carbocycles. The predicted octanol–water partition coefficient (Wildman–Crippen LogP) is 4.63. The van der Waals surface area contributed by atoms with Crippen LogP contribution < -0.4 is 15.1 Å². The van der Waals surface area contributed by atoms with Crippen LogP contribution in [0.3, 0.4) is 0 Å². The van der Waals surface area contributed by atoms with Crippen LogP contribution in [0.5, 0.6) is 5.75 Å². The zero-order chi connectivity index (χ0) is 24.9. The van der Waals surface area contributed by atoms with E-state index in [0.29, 0.717) is 23.6 Å². The highest BCUT2D eigenvalue weighted by Crippen LogP contribution is 2.43. The molecular weight excluding hydrogens is 475 g/mol. The Balaban J connectivity index is 1.78. The van der Waals surface area contributed by atoms with Crippen LogP contribution in [0, 0.1) is 12.7 Å². The van der Waals surface area contributed by atoms with Crippen molar-refractivity contribution in [1.82, 2.24) is 4.98 Å². The van der Waals surface area contributed by atoms with Gasteiger partial charge in [0.05, 0.1) is 36.4 Å². The van der Waals surface area contributed by atoms with Crippen LogP contribution in [-0.4, -0.2) is 30.6 Å². The molecule has 178 valence electrons. The Hall–Kier alpha value is -4.05. The summed E-state index contributed by atoms with van der Waals surface area (Å²) in [7, 11) is 1.26. The average Bonchev–Trinajstić information content (AvgIpc) is 3.37. The number of esters is 1. The number of benzene rings is 2. The Morgan fingerprint density at radius 1 is 1.23 bits per heavy atom. The van der Waals surface area contributed by atoms with Crippen molar-refractivity contribution in [2.75, 3.05) is 18.6 Å². The zero-order valence-corrected chi connectivity index (χ0v) is 19.8. The van der Waals surface area contributed by atoms with Gasteiger partial charge in [-0.15, -0.1) is 0 Å². The van der Waals surface area contributed by atoms with E-state index in [9.17, 15) is 18.8 Å². The van der Waals surface area contributed by atoms with Gasteiger partial charge in [0.1, 0.15) is 22.0 Å². The van der Waals surface area contributed by atoms with Crippen molar-refractivity contribution < 1.29 is 27.9 Å². The highest BCUT2D eigenvalue weighted by Gasteiger charge is 2.45. The van der Waals surface area contributed by atoms with E-state index in [1.165, 1.54) is 18.1 Å². The Bertz CT molecular complexity index is 1560. The van der Waals surface area contributed by atoms with Crippen LogP contribution in [0.4, 0.5) is 9.52 Å². The molecule has 2 aromatic heterocycles. The molecule has 1 atom stereocenters. The number of aromatic nitrogens is 1. The molecule has 0 bridgehead atoms. The molecule has 5 rings (SSSR count). The van der Waals surface area contributed by atoms with E-state index >= 15 is 0 Å². The van der Waals surface area contributed by atoms with Gasteiger partial charge in [0.25, 0.3) is 5.91 Å². The molecule has 4 aromatic rings. The van der Waals surface area contributed by atoms with E-state index in [-0.39, 0.29) is 32.3 Å². The maximum atomic E-state index is 14.0. The number of hydrogen-bond acceptors (Lipinski definition) is 8. The van der Waals surface area contributed by atoms with Gasteiger partial charge in [0.2, 0.25) is 5.76 Å². The first kappa shape index (κ1) is 22.7. The van der Waals surface area contributed by atoms with E-state index in [4.69, 9.17) is 13.9 Å². The fourth-order valence-corrected chi connectivity index (χ4v) is 5.18. The molecule has 1 aliphatic heterocycles. The monoisotopic (exact) mass is 494 g/mol. The Morgan fingerprint density at radius 3 is 2.77 bits per heavy atom. The highest BCUT2D eigenvalue weighted by molar-refractivity contribution is 7.17. The van der Waals surface area contributed by atoms with Gasteiger partial charge in [0.15, 0.2) is 10.6 Å². The summed E-state index contributed by atoms with van der Waals surface area (Å²) in [5, 5.41) is 0.218. The number of carbonyl (C=O) groups excluding carboxylic acids is 2. The third-order valence-electron chi connectivity index (χ3n) is 5.68. The summed E-state index contributed by atoms with van der Waals surface area (Å²) in [4.78, 5) is 45.4. The Labute approximate surface area is 202 Å². The molecule has 0 radical (unpaired) electrons. The van der Waals surface area contributed by atoms with Crippen molar-refractivity contribution in [3.05, 3.63) is 86.0 Å². The van der Waals surface area contributed by atoms with Crippen molar-refractivity contribution in [1.29, 1.82) is 0 Å². The summed E-state index contributed by atoms with van der Waals surface area (Å²) in [6.07, 6.45) is 0. The van der Waals surface area contributed by atoms with Crippen LogP contribution in [0.1, 0.15) is 50.0 Å². The average molecular weight is 495 g/mol. The fraction of sp³-hybridized carbons (Fsp3) is 0.200. The number of rotatable bonds is 5. The molecule has 1 amide bonds. The summed E-state index contributed by atoms with van der Waals surface area (Å²) in [5.41, 5.74) is 0.587. The van der Waals surface area contributed by atoms with E-state index < -0.39 is 29.2 Å². The van der Waals surface area contributed by atoms with Crippen LogP contribution >= 0.6 is 11.3 Å². The topological polar surface area (TPSA) is 98.9 Å². The number of carbonyl (C=O) groups is 2. The number of nitrogens with zero attached hydrogens (tertiary/aromatic N) is 2. The van der Waals surface area contributed by atoms with Gasteiger partial charge in [-0.1, -0.05) is 23.5 Å².